The lowest BCUT2D eigenvalue weighted by molar-refractivity contribution is 0.100. The second-order valence-electron chi connectivity index (χ2n) is 4.60. The largest absolute Gasteiger partial charge is 0.497 e. The number of hydrogen-bond acceptors (Lipinski definition) is 4. The maximum Gasteiger partial charge on any atom is 0.191 e. The summed E-state index contributed by atoms with van der Waals surface area (Å²) in [5.41, 5.74) is 0.977. The lowest BCUT2D eigenvalue weighted by atomic mass is 10.2. The number of anilines is 1. The number of ketones is 1. The van der Waals surface area contributed by atoms with Crippen LogP contribution in [0.15, 0.2) is 36.4 Å². The number of thiophene rings is 1. The summed E-state index contributed by atoms with van der Waals surface area (Å²) in [5, 5.41) is 0. The van der Waals surface area contributed by atoms with Gasteiger partial charge < -0.3 is 9.64 Å². The summed E-state index contributed by atoms with van der Waals surface area (Å²) in [6.45, 7) is 2.47. The van der Waals surface area contributed by atoms with Gasteiger partial charge in [-0.25, -0.2) is 0 Å². The van der Waals surface area contributed by atoms with Crippen LogP contribution in [0.4, 0.5) is 5.69 Å². The molecular formula is C16H19NO2S. The Morgan fingerprint density at radius 2 is 2.10 bits per heavy atom. The van der Waals surface area contributed by atoms with E-state index in [2.05, 4.69) is 6.92 Å². The van der Waals surface area contributed by atoms with Crippen molar-refractivity contribution >= 4 is 22.8 Å². The Bertz CT molecular complexity index is 592. The Balaban J connectivity index is 2.06. The van der Waals surface area contributed by atoms with Crippen molar-refractivity contribution in [2.24, 2.45) is 0 Å². The van der Waals surface area contributed by atoms with E-state index in [-0.39, 0.29) is 5.78 Å². The quantitative estimate of drug-likeness (QED) is 0.760. The number of carbonyl (C=O) groups excluding carboxylic acids is 1. The average Bonchev–Trinajstić information content (AvgIpc) is 2.96. The topological polar surface area (TPSA) is 29.5 Å². The highest BCUT2D eigenvalue weighted by Crippen LogP contribution is 2.22. The van der Waals surface area contributed by atoms with Gasteiger partial charge in [-0.1, -0.05) is 13.0 Å². The molecule has 0 unspecified atom stereocenters. The van der Waals surface area contributed by atoms with Crippen LogP contribution < -0.4 is 9.64 Å². The van der Waals surface area contributed by atoms with Crippen LogP contribution in [0.1, 0.15) is 21.5 Å². The van der Waals surface area contributed by atoms with Crippen LogP contribution in [0, 0.1) is 0 Å². The van der Waals surface area contributed by atoms with Gasteiger partial charge in [0.05, 0.1) is 18.5 Å². The van der Waals surface area contributed by atoms with Crippen LogP contribution in [0.2, 0.25) is 0 Å². The summed E-state index contributed by atoms with van der Waals surface area (Å²) in [4.78, 5) is 16.3. The fourth-order valence-electron chi connectivity index (χ4n) is 1.95. The highest BCUT2D eigenvalue weighted by Gasteiger charge is 2.12. The molecule has 2 rings (SSSR count). The molecule has 0 radical (unpaired) electrons. The Morgan fingerprint density at radius 3 is 2.75 bits per heavy atom. The van der Waals surface area contributed by atoms with Crippen molar-refractivity contribution in [2.75, 3.05) is 25.6 Å². The van der Waals surface area contributed by atoms with E-state index in [0.29, 0.717) is 6.54 Å². The molecule has 0 saturated heterocycles. The third-order valence-corrected chi connectivity index (χ3v) is 4.43. The number of ether oxygens (including phenoxy) is 1. The molecule has 0 spiro atoms. The molecule has 0 atom stereocenters. The van der Waals surface area contributed by atoms with Crippen LogP contribution >= 0.6 is 11.3 Å². The molecule has 4 heteroatoms. The van der Waals surface area contributed by atoms with Crippen molar-refractivity contribution in [3.05, 3.63) is 46.2 Å². The number of Topliss-reactive ketones (excluding diaryl/α,β-unsaturated/α-hetero) is 1. The Hall–Kier alpha value is -1.81. The monoisotopic (exact) mass is 289 g/mol. The van der Waals surface area contributed by atoms with Gasteiger partial charge >= 0.3 is 0 Å². The minimum absolute atomic E-state index is 0.153. The number of rotatable bonds is 6. The average molecular weight is 289 g/mol. The van der Waals surface area contributed by atoms with Gasteiger partial charge in [-0.15, -0.1) is 11.3 Å². The van der Waals surface area contributed by atoms with Crippen molar-refractivity contribution < 1.29 is 9.53 Å². The molecule has 0 aliphatic heterocycles. The summed E-state index contributed by atoms with van der Waals surface area (Å²) in [5.74, 6) is 0.950. The minimum atomic E-state index is 0.153. The normalized spacial score (nSPS) is 10.3. The second kappa shape index (κ2) is 6.57. The molecule has 20 heavy (non-hydrogen) atoms. The first-order valence-corrected chi connectivity index (χ1v) is 7.42. The predicted molar refractivity (Wildman–Crippen MR) is 84.3 cm³/mol. The Labute approximate surface area is 123 Å². The summed E-state index contributed by atoms with van der Waals surface area (Å²) >= 11 is 1.58. The zero-order valence-electron chi connectivity index (χ0n) is 12.1. The number of benzene rings is 1. The summed E-state index contributed by atoms with van der Waals surface area (Å²) in [6.07, 6.45) is 0.976. The maximum atomic E-state index is 12.2. The lowest BCUT2D eigenvalue weighted by Crippen LogP contribution is -2.25. The zero-order valence-corrected chi connectivity index (χ0v) is 12.9. The summed E-state index contributed by atoms with van der Waals surface area (Å²) < 4.78 is 5.20. The molecule has 0 saturated carbocycles. The number of nitrogens with zero attached hydrogens (tertiary/aromatic N) is 1. The van der Waals surface area contributed by atoms with Crippen LogP contribution in [0.3, 0.4) is 0 Å². The van der Waals surface area contributed by atoms with Crippen LogP contribution in [0.5, 0.6) is 5.75 Å². The first-order chi connectivity index (χ1) is 9.63. The molecule has 2 aromatic rings. The smallest absolute Gasteiger partial charge is 0.191 e. The molecule has 106 valence electrons. The van der Waals surface area contributed by atoms with Gasteiger partial charge in [-0.05, 0) is 30.7 Å². The van der Waals surface area contributed by atoms with Gasteiger partial charge in [0, 0.05) is 23.7 Å². The second-order valence-corrected chi connectivity index (χ2v) is 5.77. The van der Waals surface area contributed by atoms with Crippen molar-refractivity contribution in [2.45, 2.75) is 13.3 Å². The predicted octanol–water partition coefficient (Wildman–Crippen LogP) is 3.64. The van der Waals surface area contributed by atoms with Gasteiger partial charge in [0.15, 0.2) is 5.78 Å². The fourth-order valence-corrected chi connectivity index (χ4v) is 2.83. The molecule has 0 aliphatic carbocycles. The first-order valence-electron chi connectivity index (χ1n) is 6.61. The third kappa shape index (κ3) is 3.39. The van der Waals surface area contributed by atoms with Gasteiger partial charge in [-0.2, -0.15) is 0 Å². The Morgan fingerprint density at radius 1 is 1.30 bits per heavy atom. The van der Waals surface area contributed by atoms with E-state index in [1.807, 2.05) is 48.3 Å². The molecule has 0 aliphatic rings. The molecule has 0 fully saturated rings. The molecular weight excluding hydrogens is 270 g/mol. The molecule has 3 nitrogen and oxygen atoms in total. The highest BCUT2D eigenvalue weighted by molar-refractivity contribution is 7.14. The SMILES string of the molecule is CCc1ccc(C(=O)CN(C)c2cccc(OC)c2)s1. The van der Waals surface area contributed by atoms with E-state index in [1.54, 1.807) is 18.4 Å². The van der Waals surface area contributed by atoms with Crippen LogP contribution in [-0.4, -0.2) is 26.5 Å². The highest BCUT2D eigenvalue weighted by atomic mass is 32.1. The van der Waals surface area contributed by atoms with Gasteiger partial charge in [0.2, 0.25) is 0 Å². The number of carbonyl (C=O) groups is 1. The third-order valence-electron chi connectivity index (χ3n) is 3.16. The molecule has 1 aromatic heterocycles. The maximum absolute atomic E-state index is 12.2. The number of likely N-dealkylation sites (N-methyl/N-ethyl adjacent to an activating group) is 1. The van der Waals surface area contributed by atoms with Crippen molar-refractivity contribution in [1.82, 2.24) is 0 Å². The van der Waals surface area contributed by atoms with E-state index >= 15 is 0 Å². The summed E-state index contributed by atoms with van der Waals surface area (Å²) in [6, 6.07) is 11.7. The number of methoxy groups -OCH3 is 1. The minimum Gasteiger partial charge on any atom is -0.497 e. The zero-order chi connectivity index (χ0) is 14.5. The number of aryl methyl sites for hydroxylation is 1. The van der Waals surface area contributed by atoms with Crippen LogP contribution in [0.25, 0.3) is 0 Å². The molecule has 0 bridgehead atoms. The standard InChI is InChI=1S/C16H19NO2S/c1-4-14-8-9-16(20-14)15(18)11-17(2)12-6-5-7-13(10-12)19-3/h5-10H,4,11H2,1-3H3. The van der Waals surface area contributed by atoms with Gasteiger partial charge in [0.25, 0.3) is 0 Å². The van der Waals surface area contributed by atoms with Crippen LogP contribution in [-0.2, 0) is 6.42 Å². The van der Waals surface area contributed by atoms with E-state index in [9.17, 15) is 4.79 Å². The van der Waals surface area contributed by atoms with Gasteiger partial charge in [0.1, 0.15) is 5.75 Å². The van der Waals surface area contributed by atoms with E-state index < -0.39 is 0 Å². The molecule has 1 aromatic carbocycles. The van der Waals surface area contributed by atoms with Crippen molar-refractivity contribution in [1.29, 1.82) is 0 Å². The van der Waals surface area contributed by atoms with Crippen molar-refractivity contribution in [3.63, 3.8) is 0 Å². The molecule has 1 heterocycles. The molecule has 0 amide bonds. The summed E-state index contributed by atoms with van der Waals surface area (Å²) in [7, 11) is 3.56. The van der Waals surface area contributed by atoms with E-state index in [0.717, 1.165) is 22.7 Å². The van der Waals surface area contributed by atoms with Gasteiger partial charge in [-0.3, -0.25) is 4.79 Å². The van der Waals surface area contributed by atoms with E-state index in [1.165, 1.54) is 4.88 Å². The van der Waals surface area contributed by atoms with E-state index in [4.69, 9.17) is 4.74 Å². The molecule has 0 N–H and O–H groups in total. The van der Waals surface area contributed by atoms with Crippen molar-refractivity contribution in [3.8, 4) is 5.75 Å². The Kier molecular flexibility index (Phi) is 4.79. The number of hydrogen-bond donors (Lipinski definition) is 0. The fraction of sp³-hybridized carbons (Fsp3) is 0.312. The first kappa shape index (κ1) is 14.6. The lowest BCUT2D eigenvalue weighted by Gasteiger charge is -2.18.